The van der Waals surface area contributed by atoms with Crippen LogP contribution in [0.4, 0.5) is 0 Å². The van der Waals surface area contributed by atoms with Gasteiger partial charge in [-0.25, -0.2) is 0 Å². The van der Waals surface area contributed by atoms with Crippen LogP contribution >= 0.6 is 0 Å². The van der Waals surface area contributed by atoms with Crippen molar-refractivity contribution < 1.29 is 14.3 Å². The first-order valence-corrected chi connectivity index (χ1v) is 9.76. The number of nitrogens with zero attached hydrogens (tertiary/aromatic N) is 2. The summed E-state index contributed by atoms with van der Waals surface area (Å²) in [5.74, 6) is -0.00386. The number of piperazine rings is 1. The second-order valence-corrected chi connectivity index (χ2v) is 8.29. The lowest BCUT2D eigenvalue weighted by molar-refractivity contribution is -0.180. The van der Waals surface area contributed by atoms with Crippen LogP contribution in [-0.4, -0.2) is 66.0 Å². The minimum atomic E-state index is -0.893. The molecule has 27 heavy (non-hydrogen) atoms. The maximum Gasteiger partial charge on any atom is 0.253 e. The van der Waals surface area contributed by atoms with Crippen molar-refractivity contribution in [3.8, 4) is 0 Å². The maximum atomic E-state index is 13.1. The summed E-state index contributed by atoms with van der Waals surface area (Å²) in [5, 5.41) is 0. The Hall–Kier alpha value is -1.92. The van der Waals surface area contributed by atoms with Gasteiger partial charge in [-0.3, -0.25) is 9.59 Å². The van der Waals surface area contributed by atoms with E-state index < -0.39 is 11.0 Å². The molecule has 2 aliphatic rings. The smallest absolute Gasteiger partial charge is 0.253 e. The molecule has 1 saturated heterocycles. The fourth-order valence-corrected chi connectivity index (χ4v) is 4.07. The third-order valence-electron chi connectivity index (χ3n) is 6.36. The molecule has 1 aromatic rings. The number of benzene rings is 1. The molecular weight excluding hydrogens is 342 g/mol. The van der Waals surface area contributed by atoms with Crippen LogP contribution in [0.3, 0.4) is 0 Å². The summed E-state index contributed by atoms with van der Waals surface area (Å²) in [6, 6.07) is 7.60. The van der Waals surface area contributed by atoms with Crippen molar-refractivity contribution in [2.75, 3.05) is 32.8 Å². The Morgan fingerprint density at radius 1 is 1.11 bits per heavy atom. The number of rotatable bonds is 4. The molecule has 2 unspecified atom stereocenters. The van der Waals surface area contributed by atoms with Crippen molar-refractivity contribution in [2.45, 2.75) is 45.8 Å². The number of amides is 2. The van der Waals surface area contributed by atoms with Crippen LogP contribution in [0.15, 0.2) is 24.3 Å². The quantitative estimate of drug-likeness (QED) is 0.873. The van der Waals surface area contributed by atoms with Crippen LogP contribution in [0, 0.1) is 12.3 Å². The Kier molecular flexibility index (Phi) is 5.32. The first kappa shape index (κ1) is 19.8. The van der Waals surface area contributed by atoms with Gasteiger partial charge in [0.2, 0.25) is 5.91 Å². The van der Waals surface area contributed by atoms with Crippen LogP contribution < -0.4 is 5.73 Å². The molecule has 0 radical (unpaired) electrons. The molecule has 0 spiro atoms. The molecule has 1 aliphatic carbocycles. The lowest BCUT2D eigenvalue weighted by Gasteiger charge is -2.59. The highest BCUT2D eigenvalue weighted by Crippen LogP contribution is 2.50. The van der Waals surface area contributed by atoms with Gasteiger partial charge in [0.05, 0.1) is 6.10 Å². The van der Waals surface area contributed by atoms with Crippen LogP contribution in [0.25, 0.3) is 0 Å². The molecule has 2 fully saturated rings. The van der Waals surface area contributed by atoms with Crippen LogP contribution in [-0.2, 0) is 9.53 Å². The van der Waals surface area contributed by atoms with Gasteiger partial charge in [0, 0.05) is 50.2 Å². The van der Waals surface area contributed by atoms with E-state index in [2.05, 4.69) is 0 Å². The van der Waals surface area contributed by atoms with E-state index in [9.17, 15) is 9.59 Å². The van der Waals surface area contributed by atoms with Crippen LogP contribution in [0.5, 0.6) is 0 Å². The largest absolute Gasteiger partial charge is 0.378 e. The molecule has 2 atom stereocenters. The standard InChI is InChI=1S/C21H31N3O3/c1-5-27-17-14-21(22,20(17,3)4)19(26)24-12-10-23(11-13-24)18(25)16-8-6-15(2)7-9-16/h6-9,17H,5,10-14,22H2,1-4H3. The van der Waals surface area contributed by atoms with E-state index in [0.29, 0.717) is 44.8 Å². The average Bonchev–Trinajstić information content (AvgIpc) is 2.67. The third-order valence-corrected chi connectivity index (χ3v) is 6.36. The summed E-state index contributed by atoms with van der Waals surface area (Å²) in [6.07, 6.45) is 0.565. The van der Waals surface area contributed by atoms with Gasteiger partial charge in [-0.2, -0.15) is 0 Å². The number of hydrogen-bond donors (Lipinski definition) is 1. The summed E-state index contributed by atoms with van der Waals surface area (Å²) >= 11 is 0. The molecule has 3 rings (SSSR count). The number of ether oxygens (including phenoxy) is 1. The minimum absolute atomic E-state index is 0.0147. The van der Waals surface area contributed by atoms with Gasteiger partial charge in [-0.15, -0.1) is 0 Å². The van der Waals surface area contributed by atoms with E-state index >= 15 is 0 Å². The van der Waals surface area contributed by atoms with Crippen molar-refractivity contribution in [1.29, 1.82) is 0 Å². The normalized spacial score (nSPS) is 27.2. The minimum Gasteiger partial charge on any atom is -0.378 e. The first-order chi connectivity index (χ1) is 12.7. The van der Waals surface area contributed by atoms with Crippen molar-refractivity contribution >= 4 is 11.8 Å². The molecule has 1 aromatic carbocycles. The molecule has 1 aliphatic heterocycles. The van der Waals surface area contributed by atoms with E-state index in [1.807, 2.05) is 61.8 Å². The predicted molar refractivity (Wildman–Crippen MR) is 104 cm³/mol. The summed E-state index contributed by atoms with van der Waals surface area (Å²) in [7, 11) is 0. The number of carbonyl (C=O) groups is 2. The predicted octanol–water partition coefficient (Wildman–Crippen LogP) is 1.81. The Balaban J connectivity index is 1.60. The van der Waals surface area contributed by atoms with Crippen LogP contribution in [0.1, 0.15) is 43.1 Å². The molecule has 6 nitrogen and oxygen atoms in total. The summed E-state index contributed by atoms with van der Waals surface area (Å²) in [4.78, 5) is 29.4. The van der Waals surface area contributed by atoms with Crippen molar-refractivity contribution in [2.24, 2.45) is 11.1 Å². The molecule has 148 valence electrons. The second kappa shape index (κ2) is 7.24. The zero-order valence-corrected chi connectivity index (χ0v) is 16.8. The monoisotopic (exact) mass is 373 g/mol. The van der Waals surface area contributed by atoms with E-state index in [1.54, 1.807) is 0 Å². The summed E-state index contributed by atoms with van der Waals surface area (Å²) in [6.45, 7) is 10.7. The summed E-state index contributed by atoms with van der Waals surface area (Å²) in [5.41, 5.74) is 7.06. The van der Waals surface area contributed by atoms with E-state index in [1.165, 1.54) is 0 Å². The lowest BCUT2D eigenvalue weighted by Crippen LogP contribution is -2.76. The number of aryl methyl sites for hydroxylation is 1. The molecule has 1 heterocycles. The van der Waals surface area contributed by atoms with E-state index in [0.717, 1.165) is 5.56 Å². The molecule has 6 heteroatoms. The number of hydrogen-bond acceptors (Lipinski definition) is 4. The lowest BCUT2D eigenvalue weighted by atomic mass is 9.54. The Labute approximate surface area is 161 Å². The zero-order valence-electron chi connectivity index (χ0n) is 16.8. The molecule has 0 bridgehead atoms. The van der Waals surface area contributed by atoms with Crippen molar-refractivity contribution in [3.05, 3.63) is 35.4 Å². The highest BCUT2D eigenvalue weighted by molar-refractivity contribution is 5.94. The van der Waals surface area contributed by atoms with Gasteiger partial charge in [-0.1, -0.05) is 31.5 Å². The molecular formula is C21H31N3O3. The Bertz CT molecular complexity index is 708. The summed E-state index contributed by atoms with van der Waals surface area (Å²) < 4.78 is 5.73. The van der Waals surface area contributed by atoms with Gasteiger partial charge in [0.25, 0.3) is 5.91 Å². The average molecular weight is 373 g/mol. The number of carbonyl (C=O) groups excluding carboxylic acids is 2. The zero-order chi connectivity index (χ0) is 19.8. The Morgan fingerprint density at radius 3 is 2.19 bits per heavy atom. The van der Waals surface area contributed by atoms with Gasteiger partial charge in [0.15, 0.2) is 0 Å². The SMILES string of the molecule is CCOC1CC(N)(C(=O)N2CCN(C(=O)c3ccc(C)cc3)CC2)C1(C)C. The van der Waals surface area contributed by atoms with Gasteiger partial charge in [0.1, 0.15) is 5.54 Å². The molecule has 0 aromatic heterocycles. The second-order valence-electron chi connectivity index (χ2n) is 8.29. The highest BCUT2D eigenvalue weighted by atomic mass is 16.5. The Morgan fingerprint density at radius 2 is 1.67 bits per heavy atom. The van der Waals surface area contributed by atoms with Crippen LogP contribution in [0.2, 0.25) is 0 Å². The fourth-order valence-electron chi connectivity index (χ4n) is 4.07. The maximum absolute atomic E-state index is 13.1. The van der Waals surface area contributed by atoms with E-state index in [-0.39, 0.29) is 17.9 Å². The van der Waals surface area contributed by atoms with Gasteiger partial charge >= 0.3 is 0 Å². The first-order valence-electron chi connectivity index (χ1n) is 9.76. The molecule has 2 N–H and O–H groups in total. The molecule has 2 amide bonds. The number of nitrogens with two attached hydrogens (primary N) is 1. The van der Waals surface area contributed by atoms with Crippen molar-refractivity contribution in [3.63, 3.8) is 0 Å². The van der Waals surface area contributed by atoms with E-state index in [4.69, 9.17) is 10.5 Å². The third kappa shape index (κ3) is 3.36. The van der Waals surface area contributed by atoms with Gasteiger partial charge in [-0.05, 0) is 26.0 Å². The highest BCUT2D eigenvalue weighted by Gasteiger charge is 2.63. The fraction of sp³-hybridized carbons (Fsp3) is 0.619. The van der Waals surface area contributed by atoms with Crippen molar-refractivity contribution in [1.82, 2.24) is 9.80 Å². The molecule has 1 saturated carbocycles. The topological polar surface area (TPSA) is 75.9 Å². The van der Waals surface area contributed by atoms with Gasteiger partial charge < -0.3 is 20.3 Å².